The van der Waals surface area contributed by atoms with Gasteiger partial charge in [0, 0.05) is 42.3 Å². The van der Waals surface area contributed by atoms with Crippen LogP contribution in [-0.4, -0.2) is 32.1 Å². The van der Waals surface area contributed by atoms with Gasteiger partial charge in [-0.15, -0.1) is 0 Å². The summed E-state index contributed by atoms with van der Waals surface area (Å²) < 4.78 is 2.25. The molecule has 6 nitrogen and oxygen atoms in total. The van der Waals surface area contributed by atoms with Gasteiger partial charge in [-0.25, -0.2) is 9.97 Å². The Morgan fingerprint density at radius 2 is 1.93 bits per heavy atom. The van der Waals surface area contributed by atoms with Crippen molar-refractivity contribution in [3.63, 3.8) is 0 Å². The van der Waals surface area contributed by atoms with Gasteiger partial charge >= 0.3 is 0 Å². The highest BCUT2D eigenvalue weighted by atomic mass is 15.1. The van der Waals surface area contributed by atoms with Crippen molar-refractivity contribution in [1.29, 1.82) is 0 Å². The summed E-state index contributed by atoms with van der Waals surface area (Å²) in [6, 6.07) is 1.15. The minimum absolute atomic E-state index is 0.00615. The maximum absolute atomic E-state index is 6.41. The second kappa shape index (κ2) is 12.3. The second-order valence-electron chi connectivity index (χ2n) is 9.08. The monoisotopic (exact) mass is 414 g/mol. The zero-order valence-electron chi connectivity index (χ0n) is 19.0. The van der Waals surface area contributed by atoms with Gasteiger partial charge in [-0.05, 0) is 51.5 Å². The van der Waals surface area contributed by atoms with Crippen molar-refractivity contribution >= 4 is 0 Å². The number of unbranched alkanes of at least 4 members (excludes halogenated alkanes) is 2. The molecule has 1 unspecified atom stereocenters. The van der Waals surface area contributed by atoms with E-state index in [-0.39, 0.29) is 6.04 Å². The van der Waals surface area contributed by atoms with Crippen LogP contribution in [0, 0.1) is 0 Å². The molecule has 1 aliphatic heterocycles. The summed E-state index contributed by atoms with van der Waals surface area (Å²) >= 11 is 0. The Kier molecular flexibility index (Phi) is 9.40. The van der Waals surface area contributed by atoms with E-state index in [2.05, 4.69) is 44.9 Å². The van der Waals surface area contributed by atoms with Crippen LogP contribution in [0.1, 0.15) is 114 Å². The van der Waals surface area contributed by atoms with E-state index in [0.717, 1.165) is 18.8 Å². The van der Waals surface area contributed by atoms with Gasteiger partial charge in [-0.2, -0.15) is 0 Å². The molecule has 2 aromatic rings. The lowest BCUT2D eigenvalue weighted by Crippen LogP contribution is -2.36. The number of hydrogen-bond donors (Lipinski definition) is 3. The minimum atomic E-state index is 0.00615. The van der Waals surface area contributed by atoms with E-state index in [9.17, 15) is 0 Å². The lowest BCUT2D eigenvalue weighted by molar-refractivity contribution is 0.320. The van der Waals surface area contributed by atoms with Crippen LogP contribution in [-0.2, 0) is 0 Å². The van der Waals surface area contributed by atoms with Crippen LogP contribution in [0.25, 0.3) is 0 Å². The summed E-state index contributed by atoms with van der Waals surface area (Å²) in [5.74, 6) is 1.54. The average molecular weight is 415 g/mol. The predicted octanol–water partition coefficient (Wildman–Crippen LogP) is 5.23. The fourth-order valence-electron chi connectivity index (χ4n) is 4.81. The molecule has 168 valence electrons. The molecule has 4 rings (SSSR count). The summed E-state index contributed by atoms with van der Waals surface area (Å²) in [6.45, 7) is 5.55. The molecule has 6 heteroatoms. The van der Waals surface area contributed by atoms with Gasteiger partial charge < -0.3 is 20.6 Å². The Labute approximate surface area is 182 Å². The van der Waals surface area contributed by atoms with E-state index >= 15 is 0 Å². The minimum Gasteiger partial charge on any atom is -0.344 e. The van der Waals surface area contributed by atoms with Gasteiger partial charge in [0.1, 0.15) is 5.82 Å². The molecule has 0 spiro atoms. The number of aromatic nitrogens is 4. The molecule has 0 bridgehead atoms. The van der Waals surface area contributed by atoms with Gasteiger partial charge in [0.15, 0.2) is 0 Å². The molecular formula is C24H42N6. The SMILES string of the molecule is CCCCC.N[C@@H](CC1CCCCN1)c1ncc(C2CCC(n3ccnc3)CC2)[nH]1. The van der Waals surface area contributed by atoms with E-state index in [0.29, 0.717) is 18.0 Å². The lowest BCUT2D eigenvalue weighted by atomic mass is 9.84. The molecule has 0 amide bonds. The van der Waals surface area contributed by atoms with Gasteiger partial charge in [0.05, 0.1) is 12.4 Å². The molecule has 2 aromatic heterocycles. The number of hydrogen-bond acceptors (Lipinski definition) is 4. The van der Waals surface area contributed by atoms with Crippen LogP contribution >= 0.6 is 0 Å². The van der Waals surface area contributed by atoms with Crippen molar-refractivity contribution in [2.45, 2.75) is 109 Å². The Morgan fingerprint density at radius 3 is 2.53 bits per heavy atom. The number of rotatable bonds is 7. The Hall–Kier alpha value is -1.66. The molecule has 4 N–H and O–H groups in total. The maximum atomic E-state index is 6.41. The Bertz CT molecular complexity index is 678. The number of nitrogens with one attached hydrogen (secondary N) is 2. The van der Waals surface area contributed by atoms with E-state index in [1.165, 1.54) is 69.9 Å². The third kappa shape index (κ3) is 6.67. The van der Waals surface area contributed by atoms with Crippen molar-refractivity contribution in [3.8, 4) is 0 Å². The first kappa shape index (κ1) is 23.0. The molecular weight excluding hydrogens is 372 g/mol. The summed E-state index contributed by atoms with van der Waals surface area (Å²) in [7, 11) is 0. The summed E-state index contributed by atoms with van der Waals surface area (Å²) in [4.78, 5) is 12.3. The van der Waals surface area contributed by atoms with Crippen LogP contribution in [0.15, 0.2) is 24.9 Å². The average Bonchev–Trinajstić information content (AvgIpc) is 3.48. The number of H-pyrrole nitrogens is 1. The van der Waals surface area contributed by atoms with Gasteiger partial charge in [-0.3, -0.25) is 0 Å². The first-order chi connectivity index (χ1) is 14.7. The molecule has 1 aliphatic carbocycles. The number of nitrogens with zero attached hydrogens (tertiary/aromatic N) is 3. The Morgan fingerprint density at radius 1 is 1.13 bits per heavy atom. The quantitative estimate of drug-likeness (QED) is 0.579. The number of aromatic amines is 1. The third-order valence-corrected chi connectivity index (χ3v) is 6.71. The fourth-order valence-corrected chi connectivity index (χ4v) is 4.81. The highest BCUT2D eigenvalue weighted by Crippen LogP contribution is 2.37. The molecule has 0 aromatic carbocycles. The van der Waals surface area contributed by atoms with Crippen LogP contribution in [0.2, 0.25) is 0 Å². The summed E-state index contributed by atoms with van der Waals surface area (Å²) in [5.41, 5.74) is 7.68. The van der Waals surface area contributed by atoms with Crippen LogP contribution in [0.4, 0.5) is 0 Å². The fraction of sp³-hybridized carbons (Fsp3) is 0.750. The predicted molar refractivity (Wildman–Crippen MR) is 123 cm³/mol. The molecule has 2 atom stereocenters. The molecule has 3 heterocycles. The summed E-state index contributed by atoms with van der Waals surface area (Å²) in [5, 5.41) is 3.58. The second-order valence-corrected chi connectivity index (χ2v) is 9.08. The van der Waals surface area contributed by atoms with Crippen molar-refractivity contribution in [2.75, 3.05) is 6.54 Å². The third-order valence-electron chi connectivity index (χ3n) is 6.71. The first-order valence-corrected chi connectivity index (χ1v) is 12.2. The van der Waals surface area contributed by atoms with Crippen LogP contribution in [0.5, 0.6) is 0 Å². The largest absolute Gasteiger partial charge is 0.344 e. The molecule has 1 saturated carbocycles. The molecule has 1 saturated heterocycles. The van der Waals surface area contributed by atoms with Crippen molar-refractivity contribution in [2.24, 2.45) is 5.73 Å². The Balaban J connectivity index is 0.000000461. The van der Waals surface area contributed by atoms with E-state index in [1.807, 2.05) is 18.7 Å². The molecule has 30 heavy (non-hydrogen) atoms. The zero-order chi connectivity index (χ0) is 21.2. The normalized spacial score (nSPS) is 25.4. The molecule has 2 fully saturated rings. The number of piperidine rings is 1. The van der Waals surface area contributed by atoms with E-state index in [4.69, 9.17) is 5.73 Å². The van der Waals surface area contributed by atoms with E-state index in [1.54, 1.807) is 0 Å². The van der Waals surface area contributed by atoms with Crippen LogP contribution in [0.3, 0.4) is 0 Å². The van der Waals surface area contributed by atoms with E-state index < -0.39 is 0 Å². The van der Waals surface area contributed by atoms with Gasteiger partial charge in [-0.1, -0.05) is 39.5 Å². The smallest absolute Gasteiger partial charge is 0.123 e. The zero-order valence-corrected chi connectivity index (χ0v) is 19.0. The lowest BCUT2D eigenvalue weighted by Gasteiger charge is -2.28. The maximum Gasteiger partial charge on any atom is 0.123 e. The highest BCUT2D eigenvalue weighted by molar-refractivity contribution is 5.11. The van der Waals surface area contributed by atoms with Crippen molar-refractivity contribution in [3.05, 3.63) is 36.4 Å². The van der Waals surface area contributed by atoms with Crippen LogP contribution < -0.4 is 11.1 Å². The van der Waals surface area contributed by atoms with Gasteiger partial charge in [0.2, 0.25) is 0 Å². The molecule has 0 radical (unpaired) electrons. The summed E-state index contributed by atoms with van der Waals surface area (Å²) in [6.07, 6.45) is 21.6. The molecule has 2 aliphatic rings. The number of nitrogens with two attached hydrogens (primary N) is 1. The number of imidazole rings is 2. The van der Waals surface area contributed by atoms with Crippen molar-refractivity contribution in [1.82, 2.24) is 24.8 Å². The topological polar surface area (TPSA) is 84.5 Å². The first-order valence-electron chi connectivity index (χ1n) is 12.2. The van der Waals surface area contributed by atoms with Gasteiger partial charge in [0.25, 0.3) is 0 Å². The standard InChI is InChI=1S/C19H30N6.C5H12/c20-17(11-15-3-1-2-8-22-15)19-23-12-18(24-19)14-4-6-16(7-5-14)25-10-9-21-13-25;1-3-5-4-2/h9-10,12-17,22H,1-8,11,20H2,(H,23,24);3-5H2,1-2H3/t14?,15?,16?,17-;/m0./s1. The highest BCUT2D eigenvalue weighted by Gasteiger charge is 2.25. The van der Waals surface area contributed by atoms with Crippen molar-refractivity contribution < 1.29 is 0 Å².